The maximum atomic E-state index is 6.34. The molecule has 3 aromatic heterocycles. The van der Waals surface area contributed by atoms with Gasteiger partial charge in [-0.3, -0.25) is 0 Å². The van der Waals surface area contributed by atoms with Crippen molar-refractivity contribution in [3.63, 3.8) is 0 Å². The van der Waals surface area contributed by atoms with E-state index in [0.717, 1.165) is 77.6 Å². The number of furan rings is 1. The maximum Gasteiger partial charge on any atom is 0.164 e. The molecule has 5 nitrogen and oxygen atoms in total. The lowest BCUT2D eigenvalue weighted by Crippen LogP contribution is -2.04. The van der Waals surface area contributed by atoms with Crippen LogP contribution in [0.5, 0.6) is 0 Å². The molecule has 0 fully saturated rings. The van der Waals surface area contributed by atoms with Gasteiger partial charge in [-0.15, -0.1) is 0 Å². The molecule has 0 aliphatic heterocycles. The maximum absolute atomic E-state index is 6.34. The summed E-state index contributed by atoms with van der Waals surface area (Å²) >= 11 is 0. The Morgan fingerprint density at radius 2 is 0.823 bits per heavy atom. The normalized spacial score (nSPS) is 11.5. The third-order valence-corrected chi connectivity index (χ3v) is 11.9. The van der Waals surface area contributed by atoms with Crippen LogP contribution in [0.25, 0.3) is 117 Å². The van der Waals surface area contributed by atoms with E-state index in [1.165, 1.54) is 21.9 Å². The highest BCUT2D eigenvalue weighted by atomic mass is 16.3. The molecule has 0 saturated heterocycles. The van der Waals surface area contributed by atoms with E-state index in [-0.39, 0.29) is 0 Å². The first-order chi connectivity index (χ1) is 30.7. The number of nitrogens with zero attached hydrogens (tertiary/aromatic N) is 4. The molecule has 3 heterocycles. The van der Waals surface area contributed by atoms with Crippen molar-refractivity contribution in [1.82, 2.24) is 19.5 Å². The molecule has 0 N–H and O–H groups in total. The number of hydrogen-bond acceptors (Lipinski definition) is 4. The molecule has 12 rings (SSSR count). The lowest BCUT2D eigenvalue weighted by Gasteiger charge is -2.21. The molecular weight excluding hydrogens is 757 g/mol. The minimum absolute atomic E-state index is 0.578. The molecule has 0 spiro atoms. The van der Waals surface area contributed by atoms with Crippen molar-refractivity contribution in [3.05, 3.63) is 218 Å². The third kappa shape index (κ3) is 5.98. The van der Waals surface area contributed by atoms with Crippen molar-refractivity contribution in [1.29, 1.82) is 0 Å². The van der Waals surface area contributed by atoms with Gasteiger partial charge in [-0.1, -0.05) is 176 Å². The highest BCUT2D eigenvalue weighted by molar-refractivity contribution is 6.13. The van der Waals surface area contributed by atoms with E-state index in [9.17, 15) is 0 Å². The predicted molar refractivity (Wildman–Crippen MR) is 254 cm³/mol. The van der Waals surface area contributed by atoms with E-state index < -0.39 is 0 Å². The minimum Gasteiger partial charge on any atom is -0.456 e. The van der Waals surface area contributed by atoms with Crippen LogP contribution in [0, 0.1) is 0 Å². The van der Waals surface area contributed by atoms with E-state index in [1.54, 1.807) is 0 Å². The van der Waals surface area contributed by atoms with Gasteiger partial charge in [0.25, 0.3) is 0 Å². The van der Waals surface area contributed by atoms with E-state index in [0.29, 0.717) is 17.5 Å². The fourth-order valence-corrected chi connectivity index (χ4v) is 9.01. The molecule has 0 aliphatic carbocycles. The van der Waals surface area contributed by atoms with E-state index in [4.69, 9.17) is 19.4 Å². The highest BCUT2D eigenvalue weighted by Gasteiger charge is 2.24. The third-order valence-electron chi connectivity index (χ3n) is 11.9. The van der Waals surface area contributed by atoms with Crippen molar-refractivity contribution in [2.45, 2.75) is 0 Å². The quantitative estimate of drug-likeness (QED) is 0.161. The Hall–Kier alpha value is -8.41. The number of hydrogen-bond donors (Lipinski definition) is 0. The predicted octanol–water partition coefficient (Wildman–Crippen LogP) is 14.9. The zero-order valence-electron chi connectivity index (χ0n) is 33.5. The molecule has 62 heavy (non-hydrogen) atoms. The summed E-state index contributed by atoms with van der Waals surface area (Å²) in [7, 11) is 0. The van der Waals surface area contributed by atoms with Gasteiger partial charge in [0.15, 0.2) is 17.5 Å². The molecular formula is C57H36N4O. The van der Waals surface area contributed by atoms with Crippen molar-refractivity contribution < 1.29 is 4.42 Å². The summed E-state index contributed by atoms with van der Waals surface area (Å²) in [6, 6.07) is 76.5. The molecule has 0 aliphatic rings. The Labute approximate surface area is 357 Å². The second kappa shape index (κ2) is 14.7. The lowest BCUT2D eigenvalue weighted by atomic mass is 9.92. The van der Waals surface area contributed by atoms with Gasteiger partial charge in [-0.2, -0.15) is 0 Å². The molecule has 290 valence electrons. The number of fused-ring (bicyclic) bond motifs is 6. The summed E-state index contributed by atoms with van der Waals surface area (Å²) in [6.07, 6.45) is 0. The van der Waals surface area contributed by atoms with Crippen LogP contribution in [0.4, 0.5) is 0 Å². The summed E-state index contributed by atoms with van der Waals surface area (Å²) < 4.78 is 8.79. The van der Waals surface area contributed by atoms with Gasteiger partial charge in [-0.05, 0) is 64.7 Å². The Bertz CT molecular complexity index is 3550. The van der Waals surface area contributed by atoms with Crippen molar-refractivity contribution in [2.75, 3.05) is 0 Å². The fourth-order valence-electron chi connectivity index (χ4n) is 9.01. The van der Waals surface area contributed by atoms with Crippen LogP contribution in [0.15, 0.2) is 223 Å². The SMILES string of the molecule is c1ccc(-c2ccc3c(c2)c2ccccc2n3-c2c(-c3ccccc3)cc(-c3nc(-c4ccccc4)nc(-c4cccc5oc6ccccc6c45)n3)cc2-c2ccccc2)cc1. The first-order valence-electron chi connectivity index (χ1n) is 20.9. The average Bonchev–Trinajstić information content (AvgIpc) is 3.90. The van der Waals surface area contributed by atoms with Crippen LogP contribution in [-0.4, -0.2) is 19.5 Å². The smallest absolute Gasteiger partial charge is 0.164 e. The monoisotopic (exact) mass is 792 g/mol. The van der Waals surface area contributed by atoms with Crippen LogP contribution in [-0.2, 0) is 0 Å². The van der Waals surface area contributed by atoms with Crippen LogP contribution in [0.2, 0.25) is 0 Å². The van der Waals surface area contributed by atoms with E-state index in [2.05, 4.69) is 174 Å². The van der Waals surface area contributed by atoms with Gasteiger partial charge in [0.1, 0.15) is 11.2 Å². The zero-order chi connectivity index (χ0) is 41.0. The summed E-state index contributed by atoms with van der Waals surface area (Å²) in [6.45, 7) is 0. The second-order valence-electron chi connectivity index (χ2n) is 15.6. The molecule has 9 aromatic carbocycles. The summed E-state index contributed by atoms with van der Waals surface area (Å²) in [5, 5.41) is 4.38. The van der Waals surface area contributed by atoms with Crippen molar-refractivity contribution in [3.8, 4) is 73.2 Å². The van der Waals surface area contributed by atoms with E-state index >= 15 is 0 Å². The molecule has 0 radical (unpaired) electrons. The number of rotatable bonds is 7. The van der Waals surface area contributed by atoms with Gasteiger partial charge >= 0.3 is 0 Å². The summed E-state index contributed by atoms with van der Waals surface area (Å²) in [5.41, 5.74) is 14.3. The van der Waals surface area contributed by atoms with Crippen LogP contribution >= 0.6 is 0 Å². The fraction of sp³-hybridized carbons (Fsp3) is 0. The van der Waals surface area contributed by atoms with Crippen molar-refractivity contribution >= 4 is 43.7 Å². The van der Waals surface area contributed by atoms with Crippen LogP contribution in [0.1, 0.15) is 0 Å². The molecule has 0 saturated carbocycles. The average molecular weight is 793 g/mol. The molecule has 0 unspecified atom stereocenters. The first-order valence-corrected chi connectivity index (χ1v) is 20.9. The van der Waals surface area contributed by atoms with Crippen molar-refractivity contribution in [2.24, 2.45) is 0 Å². The Morgan fingerprint density at radius 3 is 1.50 bits per heavy atom. The highest BCUT2D eigenvalue weighted by Crippen LogP contribution is 2.45. The summed E-state index contributed by atoms with van der Waals surface area (Å²) in [5.74, 6) is 1.75. The topological polar surface area (TPSA) is 56.7 Å². The van der Waals surface area contributed by atoms with Gasteiger partial charge in [0, 0.05) is 49.4 Å². The molecule has 0 atom stereocenters. The molecule has 0 amide bonds. The Kier molecular flexibility index (Phi) is 8.42. The molecule has 12 aromatic rings. The van der Waals surface area contributed by atoms with Gasteiger partial charge in [-0.25, -0.2) is 15.0 Å². The first kappa shape index (κ1) is 35.5. The number of aromatic nitrogens is 4. The van der Waals surface area contributed by atoms with Gasteiger partial charge in [0.05, 0.1) is 16.7 Å². The summed E-state index contributed by atoms with van der Waals surface area (Å²) in [4.78, 5) is 15.8. The Balaban J connectivity index is 1.17. The van der Waals surface area contributed by atoms with E-state index in [1.807, 2.05) is 48.5 Å². The largest absolute Gasteiger partial charge is 0.456 e. The zero-order valence-corrected chi connectivity index (χ0v) is 33.5. The number of benzene rings is 9. The van der Waals surface area contributed by atoms with Crippen LogP contribution < -0.4 is 0 Å². The van der Waals surface area contributed by atoms with Crippen LogP contribution in [0.3, 0.4) is 0 Å². The molecule has 0 bridgehead atoms. The minimum atomic E-state index is 0.578. The lowest BCUT2D eigenvalue weighted by molar-refractivity contribution is 0.669. The molecule has 5 heteroatoms. The standard InChI is InChI=1S/C57H36N4O/c1-5-18-37(19-6-1)41-32-33-50-48(34-41)43-26-13-15-29-49(43)61(50)54-46(38-20-7-2-8-21-38)35-42(36-47(54)39-22-9-3-10-23-39)56-58-55(40-24-11-4-12-25-40)59-57(60-56)45-28-17-31-52-53(45)44-27-14-16-30-51(44)62-52/h1-36H. The van der Waals surface area contributed by atoms with Gasteiger partial charge in [0.2, 0.25) is 0 Å². The number of para-hydroxylation sites is 2. The Morgan fingerprint density at radius 1 is 0.306 bits per heavy atom. The second-order valence-corrected chi connectivity index (χ2v) is 15.6. The van der Waals surface area contributed by atoms with Gasteiger partial charge < -0.3 is 8.98 Å².